The highest BCUT2D eigenvalue weighted by atomic mass is 32.1. The third kappa shape index (κ3) is 2.71. The lowest BCUT2D eigenvalue weighted by Gasteiger charge is -2.07. The summed E-state index contributed by atoms with van der Waals surface area (Å²) in [6.07, 6.45) is 5.78. The van der Waals surface area contributed by atoms with Crippen molar-refractivity contribution >= 4 is 45.0 Å². The monoisotopic (exact) mass is 302 g/mol. The van der Waals surface area contributed by atoms with E-state index in [1.165, 1.54) is 19.1 Å². The smallest absolute Gasteiger partial charge is 0.162 e. The largest absolute Gasteiger partial charge is 0.397 e. The first kappa shape index (κ1) is 13.9. The maximum absolute atomic E-state index is 6.07. The highest BCUT2D eigenvalue weighted by Crippen LogP contribution is 2.38. The van der Waals surface area contributed by atoms with Crippen molar-refractivity contribution < 1.29 is 5.41 Å². The molecule has 1 aliphatic carbocycles. The number of nitrogens with one attached hydrogen (secondary N) is 1. The summed E-state index contributed by atoms with van der Waals surface area (Å²) in [5.74, 6) is 1.33. The Morgan fingerprint density at radius 3 is 3.00 bits per heavy atom. The van der Waals surface area contributed by atoms with E-state index in [0.717, 1.165) is 38.8 Å². The van der Waals surface area contributed by atoms with Crippen LogP contribution in [0.5, 0.6) is 0 Å². The normalized spacial score (nSPS) is 15.4. The first-order valence-electron chi connectivity index (χ1n) is 7.04. The lowest BCUT2D eigenvalue weighted by atomic mass is 10.2. The number of hydrogen-bond donors (Lipinski definition) is 4. The molecule has 7 N–H and O–H groups in total. The summed E-state index contributed by atoms with van der Waals surface area (Å²) in [4.78, 5) is 5.47. The Bertz CT molecular complexity index is 727. The Morgan fingerprint density at radius 1 is 1.57 bits per heavy atom. The van der Waals surface area contributed by atoms with Gasteiger partial charge in [0.1, 0.15) is 5.82 Å². The Balaban J connectivity index is 2.08. The number of thiophene rings is 1. The molecule has 0 radical (unpaired) electrons. The van der Waals surface area contributed by atoms with Crippen LogP contribution in [0.25, 0.3) is 15.9 Å². The number of aromatic nitrogens is 1. The molecule has 2 aromatic heterocycles. The van der Waals surface area contributed by atoms with Gasteiger partial charge in [0.25, 0.3) is 0 Å². The van der Waals surface area contributed by atoms with Gasteiger partial charge >= 0.3 is 0 Å². The van der Waals surface area contributed by atoms with Crippen LogP contribution in [0, 0.1) is 12.8 Å². The SMILES string of the molecule is Cc1c(/C(N)=C/C=[NH2+])sc2c(NCC3CC3)cc(N)nc12. The van der Waals surface area contributed by atoms with Crippen LogP contribution in [0.1, 0.15) is 23.3 Å². The van der Waals surface area contributed by atoms with Crippen molar-refractivity contribution in [3.63, 3.8) is 0 Å². The molecule has 0 amide bonds. The van der Waals surface area contributed by atoms with Crippen LogP contribution >= 0.6 is 11.3 Å². The average Bonchev–Trinajstić information content (AvgIpc) is 3.21. The summed E-state index contributed by atoms with van der Waals surface area (Å²) in [6.45, 7) is 3.01. The maximum Gasteiger partial charge on any atom is 0.162 e. The van der Waals surface area contributed by atoms with Crippen LogP contribution in [-0.4, -0.2) is 17.7 Å². The molecule has 1 aliphatic rings. The van der Waals surface area contributed by atoms with E-state index in [0.29, 0.717) is 11.5 Å². The number of nitrogens with zero attached hydrogens (tertiary/aromatic N) is 1. The van der Waals surface area contributed by atoms with E-state index in [9.17, 15) is 0 Å². The van der Waals surface area contributed by atoms with Crippen LogP contribution in [0.3, 0.4) is 0 Å². The minimum Gasteiger partial charge on any atom is -0.397 e. The van der Waals surface area contributed by atoms with E-state index < -0.39 is 0 Å². The minimum absolute atomic E-state index is 0.529. The summed E-state index contributed by atoms with van der Waals surface area (Å²) in [7, 11) is 0. The predicted molar refractivity (Wildman–Crippen MR) is 90.1 cm³/mol. The van der Waals surface area contributed by atoms with Crippen molar-refractivity contribution in [1.29, 1.82) is 0 Å². The van der Waals surface area contributed by atoms with E-state index in [1.807, 2.05) is 13.0 Å². The molecule has 1 saturated carbocycles. The molecular weight excluding hydrogens is 282 g/mol. The molecule has 0 unspecified atom stereocenters. The van der Waals surface area contributed by atoms with E-state index in [2.05, 4.69) is 10.3 Å². The standard InChI is InChI=1S/C15H19N5S/c1-8-13-15(21-14(8)10(17)4-5-16)11(6-12(18)20-13)19-7-9-2-3-9/h4-6,9,16H,2-3,7,17H2,1H3,(H3,18,19,20)/p+1/b10-4-,16-5?. The van der Waals surface area contributed by atoms with Gasteiger partial charge in [-0.15, -0.1) is 11.3 Å². The summed E-state index contributed by atoms with van der Waals surface area (Å²) < 4.78 is 1.10. The van der Waals surface area contributed by atoms with E-state index in [-0.39, 0.29) is 0 Å². The molecule has 2 heterocycles. The van der Waals surface area contributed by atoms with Gasteiger partial charge in [0, 0.05) is 18.7 Å². The van der Waals surface area contributed by atoms with Crippen LogP contribution < -0.4 is 22.2 Å². The summed E-state index contributed by atoms with van der Waals surface area (Å²) >= 11 is 1.63. The molecule has 0 aliphatic heterocycles. The fourth-order valence-corrected chi connectivity index (χ4v) is 3.54. The molecule has 0 bridgehead atoms. The highest BCUT2D eigenvalue weighted by Gasteiger charge is 2.22. The molecular formula is C15H20N5S+. The molecule has 1 fully saturated rings. The van der Waals surface area contributed by atoms with Crippen LogP contribution in [0.2, 0.25) is 0 Å². The average molecular weight is 302 g/mol. The van der Waals surface area contributed by atoms with E-state index >= 15 is 0 Å². The number of pyridine rings is 1. The second-order valence-corrected chi connectivity index (χ2v) is 6.49. The molecule has 0 atom stereocenters. The Labute approximate surface area is 127 Å². The van der Waals surface area contributed by atoms with Gasteiger partial charge in [-0.25, -0.2) is 4.98 Å². The molecule has 3 rings (SSSR count). The molecule has 110 valence electrons. The molecule has 0 spiro atoms. The van der Waals surface area contributed by atoms with Crippen molar-refractivity contribution in [3.05, 3.63) is 22.6 Å². The lowest BCUT2D eigenvalue weighted by molar-refractivity contribution is -0.104. The molecule has 2 aromatic rings. The van der Waals surface area contributed by atoms with Crippen molar-refractivity contribution in [1.82, 2.24) is 4.98 Å². The second kappa shape index (κ2) is 5.37. The van der Waals surface area contributed by atoms with Gasteiger partial charge < -0.3 is 16.8 Å². The fourth-order valence-electron chi connectivity index (χ4n) is 2.36. The third-order valence-electron chi connectivity index (χ3n) is 3.71. The molecule has 0 aromatic carbocycles. The van der Waals surface area contributed by atoms with E-state index in [4.69, 9.17) is 16.9 Å². The van der Waals surface area contributed by atoms with Crippen molar-refractivity contribution in [2.45, 2.75) is 19.8 Å². The fraction of sp³-hybridized carbons (Fsp3) is 0.333. The predicted octanol–water partition coefficient (Wildman–Crippen LogP) is 1.14. The zero-order chi connectivity index (χ0) is 15.0. The number of aryl methyl sites for hydroxylation is 1. The number of nitrogens with two attached hydrogens (primary N) is 3. The first-order chi connectivity index (χ1) is 10.1. The van der Waals surface area contributed by atoms with Gasteiger partial charge in [0.2, 0.25) is 0 Å². The first-order valence-corrected chi connectivity index (χ1v) is 7.86. The number of fused-ring (bicyclic) bond motifs is 1. The van der Waals surface area contributed by atoms with Gasteiger partial charge in [0.05, 0.1) is 26.5 Å². The van der Waals surface area contributed by atoms with E-state index in [1.54, 1.807) is 17.4 Å². The summed E-state index contributed by atoms with van der Waals surface area (Å²) in [6, 6.07) is 1.90. The quantitative estimate of drug-likeness (QED) is 0.622. The number of rotatable bonds is 5. The van der Waals surface area contributed by atoms with Crippen molar-refractivity contribution in [2.75, 3.05) is 17.6 Å². The zero-order valence-electron chi connectivity index (χ0n) is 12.0. The number of allylic oxidation sites excluding steroid dienone is 1. The Kier molecular flexibility index (Phi) is 3.55. The van der Waals surface area contributed by atoms with Crippen molar-refractivity contribution in [3.8, 4) is 0 Å². The second-order valence-electron chi connectivity index (χ2n) is 5.47. The zero-order valence-corrected chi connectivity index (χ0v) is 12.8. The molecule has 5 nitrogen and oxygen atoms in total. The molecule has 21 heavy (non-hydrogen) atoms. The summed E-state index contributed by atoms with van der Waals surface area (Å²) in [5, 5.41) is 8.93. The minimum atomic E-state index is 0.529. The van der Waals surface area contributed by atoms with Crippen LogP contribution in [-0.2, 0) is 0 Å². The summed E-state index contributed by atoms with van der Waals surface area (Å²) in [5.41, 5.74) is 15.7. The van der Waals surface area contributed by atoms with Gasteiger partial charge in [-0.1, -0.05) is 0 Å². The Hall–Kier alpha value is -2.08. The maximum atomic E-state index is 6.07. The highest BCUT2D eigenvalue weighted by molar-refractivity contribution is 7.20. The van der Waals surface area contributed by atoms with Gasteiger partial charge in [0.15, 0.2) is 6.21 Å². The third-order valence-corrected chi connectivity index (χ3v) is 5.07. The topological polar surface area (TPSA) is 103 Å². The van der Waals surface area contributed by atoms with Gasteiger partial charge in [-0.3, -0.25) is 5.41 Å². The number of nitrogen functional groups attached to an aromatic ring is 1. The van der Waals surface area contributed by atoms with Crippen molar-refractivity contribution in [2.24, 2.45) is 11.7 Å². The lowest BCUT2D eigenvalue weighted by Crippen LogP contribution is -2.28. The number of anilines is 2. The van der Waals surface area contributed by atoms with Crippen LogP contribution in [0.15, 0.2) is 12.1 Å². The Morgan fingerprint density at radius 2 is 2.33 bits per heavy atom. The molecule has 0 saturated heterocycles. The van der Waals surface area contributed by atoms with Gasteiger partial charge in [-0.05, 0) is 31.2 Å². The number of hydrogen-bond acceptors (Lipinski definition) is 5. The van der Waals surface area contributed by atoms with Crippen LogP contribution in [0.4, 0.5) is 11.5 Å². The molecule has 6 heteroatoms. The van der Waals surface area contributed by atoms with Gasteiger partial charge in [-0.2, -0.15) is 0 Å².